The van der Waals surface area contributed by atoms with Crippen LogP contribution in [0.25, 0.3) is 22.0 Å². The first kappa shape index (κ1) is 18.5. The van der Waals surface area contributed by atoms with E-state index < -0.39 is 6.36 Å². The molecule has 146 valence electrons. The number of halogens is 1. The van der Waals surface area contributed by atoms with Crippen LogP contribution in [0, 0.1) is 0 Å². The maximum absolute atomic E-state index is 12.9. The first-order valence-corrected chi connectivity index (χ1v) is 8.96. The van der Waals surface area contributed by atoms with Crippen molar-refractivity contribution in [3.8, 4) is 17.0 Å². The van der Waals surface area contributed by atoms with Crippen molar-refractivity contribution in [2.45, 2.75) is 13.3 Å². The molecule has 2 aromatic carbocycles. The molecule has 2 aromatic heterocycles. The maximum Gasteiger partial charge on any atom is 0.256 e. The lowest BCUT2D eigenvalue weighted by Gasteiger charge is -2.09. The number of benzene rings is 2. The second-order valence-electron chi connectivity index (χ2n) is 6.55. The van der Waals surface area contributed by atoms with Crippen molar-refractivity contribution in [1.29, 1.82) is 0 Å². The molecule has 1 amide bonds. The summed E-state index contributed by atoms with van der Waals surface area (Å²) in [4.78, 5) is 16.8. The van der Waals surface area contributed by atoms with Gasteiger partial charge >= 0.3 is 0 Å². The molecule has 4 aromatic rings. The first-order chi connectivity index (χ1) is 14.0. The molecule has 0 radical (unpaired) electrons. The minimum Gasteiger partial charge on any atom is -0.461 e. The van der Waals surface area contributed by atoms with E-state index in [0.29, 0.717) is 17.1 Å². The second kappa shape index (κ2) is 7.67. The van der Waals surface area contributed by atoms with Crippen molar-refractivity contribution in [1.82, 2.24) is 20.0 Å². The Morgan fingerprint density at radius 3 is 2.62 bits per heavy atom. The molecule has 1 unspecified atom stereocenters. The Balaban J connectivity index is 1.55. The van der Waals surface area contributed by atoms with E-state index >= 15 is 0 Å². The maximum atomic E-state index is 12.9. The second-order valence-corrected chi connectivity index (χ2v) is 6.55. The van der Waals surface area contributed by atoms with Crippen LogP contribution in [0.5, 0.6) is 5.75 Å². The Morgan fingerprint density at radius 1 is 1.14 bits per heavy atom. The molecule has 0 bridgehead atoms. The lowest BCUT2D eigenvalue weighted by Crippen LogP contribution is -2.13. The highest BCUT2D eigenvalue weighted by Gasteiger charge is 2.10. The molecule has 4 rings (SSSR count). The molecular weight excluding hydrogens is 373 g/mol. The normalized spacial score (nSPS) is 12.0. The quantitative estimate of drug-likeness (QED) is 0.557. The van der Waals surface area contributed by atoms with Crippen molar-refractivity contribution in [2.24, 2.45) is 7.05 Å². The minimum atomic E-state index is -1.41. The minimum absolute atomic E-state index is 0.318. The molecule has 8 heteroatoms. The van der Waals surface area contributed by atoms with E-state index in [1.54, 1.807) is 41.2 Å². The van der Waals surface area contributed by atoms with E-state index in [2.05, 4.69) is 20.6 Å². The summed E-state index contributed by atoms with van der Waals surface area (Å²) in [5.41, 5.74) is 2.10. The van der Waals surface area contributed by atoms with Crippen molar-refractivity contribution < 1.29 is 13.9 Å². The van der Waals surface area contributed by atoms with Gasteiger partial charge in [-0.2, -0.15) is 0 Å². The SMILES string of the molecule is CC(F)Oc1ccc(C(=O)Nc2cc3cc(-c4cn(C)nn4)ccc3cn2)cc1. The van der Waals surface area contributed by atoms with Gasteiger partial charge < -0.3 is 10.1 Å². The van der Waals surface area contributed by atoms with Gasteiger partial charge in [0.15, 0.2) is 0 Å². The smallest absolute Gasteiger partial charge is 0.256 e. The third-order valence-electron chi connectivity index (χ3n) is 4.28. The van der Waals surface area contributed by atoms with Gasteiger partial charge in [-0.05, 0) is 41.8 Å². The Hall–Kier alpha value is -3.81. The number of rotatable bonds is 5. The van der Waals surface area contributed by atoms with Crippen LogP contribution in [0.2, 0.25) is 0 Å². The lowest BCUT2D eigenvalue weighted by atomic mass is 10.1. The summed E-state index contributed by atoms with van der Waals surface area (Å²) in [7, 11) is 1.81. The molecule has 2 heterocycles. The zero-order chi connectivity index (χ0) is 20.4. The largest absolute Gasteiger partial charge is 0.461 e. The number of fused-ring (bicyclic) bond motifs is 1. The van der Waals surface area contributed by atoms with Crippen molar-refractivity contribution in [3.63, 3.8) is 0 Å². The standard InChI is InChI=1S/C21H18FN5O2/c1-13(22)29-18-7-5-14(6-8-18)21(28)24-20-10-17-9-15(3-4-16(17)11-23-20)19-12-27(2)26-25-19/h3-13H,1-2H3,(H,23,24,28). The number of nitrogens with zero attached hydrogens (tertiary/aromatic N) is 4. The number of anilines is 1. The number of carbonyl (C=O) groups is 1. The Kier molecular flexibility index (Phi) is 4.90. The van der Waals surface area contributed by atoms with Gasteiger partial charge in [-0.3, -0.25) is 9.48 Å². The summed E-state index contributed by atoms with van der Waals surface area (Å²) in [6, 6.07) is 13.9. The molecular formula is C21H18FN5O2. The molecule has 7 nitrogen and oxygen atoms in total. The van der Waals surface area contributed by atoms with Gasteiger partial charge in [0.05, 0.1) is 6.20 Å². The number of alkyl halides is 1. The molecule has 0 aliphatic carbocycles. The topological polar surface area (TPSA) is 81.9 Å². The van der Waals surface area contributed by atoms with Gasteiger partial charge in [0.1, 0.15) is 17.3 Å². The molecule has 29 heavy (non-hydrogen) atoms. The van der Waals surface area contributed by atoms with E-state index in [9.17, 15) is 9.18 Å². The number of ether oxygens (including phenoxy) is 1. The average molecular weight is 391 g/mol. The van der Waals surface area contributed by atoms with E-state index in [4.69, 9.17) is 4.74 Å². The molecule has 0 aliphatic rings. The zero-order valence-corrected chi connectivity index (χ0v) is 15.8. The first-order valence-electron chi connectivity index (χ1n) is 8.96. The third-order valence-corrected chi connectivity index (χ3v) is 4.28. The predicted molar refractivity (Wildman–Crippen MR) is 107 cm³/mol. The summed E-state index contributed by atoms with van der Waals surface area (Å²) in [6.45, 7) is 1.29. The summed E-state index contributed by atoms with van der Waals surface area (Å²) >= 11 is 0. The summed E-state index contributed by atoms with van der Waals surface area (Å²) in [5, 5.41) is 12.7. The number of hydrogen-bond donors (Lipinski definition) is 1. The predicted octanol–water partition coefficient (Wildman–Crippen LogP) is 3.98. The van der Waals surface area contributed by atoms with Crippen molar-refractivity contribution in [3.05, 3.63) is 66.5 Å². The van der Waals surface area contributed by atoms with Gasteiger partial charge in [0.2, 0.25) is 6.36 Å². The van der Waals surface area contributed by atoms with E-state index in [0.717, 1.165) is 22.0 Å². The molecule has 0 aliphatic heterocycles. The number of pyridine rings is 1. The van der Waals surface area contributed by atoms with Crippen LogP contribution in [-0.2, 0) is 7.05 Å². The molecule has 0 saturated heterocycles. The van der Waals surface area contributed by atoms with Crippen LogP contribution in [-0.4, -0.2) is 32.2 Å². The van der Waals surface area contributed by atoms with Gasteiger partial charge in [0, 0.05) is 36.7 Å². The van der Waals surface area contributed by atoms with Crippen molar-refractivity contribution >= 4 is 22.5 Å². The fourth-order valence-electron chi connectivity index (χ4n) is 2.91. The van der Waals surface area contributed by atoms with Gasteiger partial charge in [0.25, 0.3) is 5.91 Å². The van der Waals surface area contributed by atoms with Crippen LogP contribution in [0.3, 0.4) is 0 Å². The van der Waals surface area contributed by atoms with E-state index in [-0.39, 0.29) is 5.91 Å². The van der Waals surface area contributed by atoms with Gasteiger partial charge in [-0.15, -0.1) is 5.10 Å². The number of amides is 1. The number of carbonyl (C=O) groups excluding carboxylic acids is 1. The average Bonchev–Trinajstić information content (AvgIpc) is 3.14. The highest BCUT2D eigenvalue weighted by molar-refractivity contribution is 6.04. The summed E-state index contributed by atoms with van der Waals surface area (Å²) < 4.78 is 19.5. The molecule has 1 atom stereocenters. The Morgan fingerprint density at radius 2 is 1.93 bits per heavy atom. The number of nitrogens with one attached hydrogen (secondary N) is 1. The van der Waals surface area contributed by atoms with Crippen LogP contribution in [0.1, 0.15) is 17.3 Å². The molecule has 0 saturated carbocycles. The van der Waals surface area contributed by atoms with Crippen LogP contribution < -0.4 is 10.1 Å². The van der Waals surface area contributed by atoms with Crippen LogP contribution in [0.15, 0.2) is 60.9 Å². The number of aromatic nitrogens is 4. The Bertz CT molecular complexity index is 1170. The fourth-order valence-corrected chi connectivity index (χ4v) is 2.91. The van der Waals surface area contributed by atoms with E-state index in [1.807, 2.05) is 31.4 Å². The van der Waals surface area contributed by atoms with E-state index in [1.165, 1.54) is 6.92 Å². The highest BCUT2D eigenvalue weighted by atomic mass is 19.1. The Labute approximate surface area is 166 Å². The molecule has 0 spiro atoms. The molecule has 1 N–H and O–H groups in total. The fraction of sp³-hybridized carbons (Fsp3) is 0.143. The van der Waals surface area contributed by atoms with Gasteiger partial charge in [-0.25, -0.2) is 9.37 Å². The van der Waals surface area contributed by atoms with Crippen molar-refractivity contribution in [2.75, 3.05) is 5.32 Å². The zero-order valence-electron chi connectivity index (χ0n) is 15.8. The highest BCUT2D eigenvalue weighted by Crippen LogP contribution is 2.24. The number of hydrogen-bond acceptors (Lipinski definition) is 5. The van der Waals surface area contributed by atoms with Crippen LogP contribution in [0.4, 0.5) is 10.2 Å². The van der Waals surface area contributed by atoms with Gasteiger partial charge in [-0.1, -0.05) is 17.3 Å². The molecule has 0 fully saturated rings. The summed E-state index contributed by atoms with van der Waals surface area (Å²) in [5.74, 6) is 0.468. The number of aryl methyl sites for hydroxylation is 1. The lowest BCUT2D eigenvalue weighted by molar-refractivity contribution is 0.0860. The summed E-state index contributed by atoms with van der Waals surface area (Å²) in [6.07, 6.45) is 2.12. The van der Waals surface area contributed by atoms with Crippen LogP contribution >= 0.6 is 0 Å². The monoisotopic (exact) mass is 391 g/mol. The third kappa shape index (κ3) is 4.21.